The van der Waals surface area contributed by atoms with E-state index in [1.165, 1.54) is 6.92 Å². The Morgan fingerprint density at radius 2 is 2.00 bits per heavy atom. The lowest BCUT2D eigenvalue weighted by Gasteiger charge is -2.13. The molecule has 0 aliphatic carbocycles. The first-order chi connectivity index (χ1) is 7.77. The Bertz CT molecular complexity index is 443. The number of rotatable bonds is 2. The van der Waals surface area contributed by atoms with Gasteiger partial charge >= 0.3 is 12.1 Å². The topological polar surface area (TPSA) is 26.3 Å². The maximum absolute atomic E-state index is 12.9. The molecule has 0 N–H and O–H groups in total. The molecule has 0 bridgehead atoms. The molecule has 7 heteroatoms. The Balaban J connectivity index is 3.41. The van der Waals surface area contributed by atoms with Crippen LogP contribution in [-0.2, 0) is 10.9 Å². The summed E-state index contributed by atoms with van der Waals surface area (Å²) in [6, 6.07) is 0.835. The number of carbonyl (C=O) groups excluding carboxylic acids is 1. The first-order valence-electron chi connectivity index (χ1n) is 4.50. The summed E-state index contributed by atoms with van der Waals surface area (Å²) in [4.78, 5) is 11.3. The Hall–Kier alpha value is -1.30. The van der Waals surface area contributed by atoms with Gasteiger partial charge in [0.2, 0.25) is 0 Å². The van der Waals surface area contributed by atoms with Crippen molar-refractivity contribution in [3.8, 4) is 0 Å². The second-order valence-corrected chi connectivity index (χ2v) is 3.44. The Morgan fingerprint density at radius 1 is 1.41 bits per heavy atom. The Morgan fingerprint density at radius 3 is 2.47 bits per heavy atom. The van der Waals surface area contributed by atoms with Gasteiger partial charge < -0.3 is 4.74 Å². The molecule has 2 nitrogen and oxygen atoms in total. The van der Waals surface area contributed by atoms with Crippen LogP contribution in [0, 0.1) is 5.82 Å². The number of ether oxygens (including phenoxy) is 1. The van der Waals surface area contributed by atoms with Crippen molar-refractivity contribution in [3.63, 3.8) is 0 Å². The number of halogens is 5. The average molecular weight is 271 g/mol. The monoisotopic (exact) mass is 270 g/mol. The summed E-state index contributed by atoms with van der Waals surface area (Å²) in [5, 5.41) is -0.629. The van der Waals surface area contributed by atoms with E-state index in [0.717, 1.165) is 0 Å². The summed E-state index contributed by atoms with van der Waals surface area (Å²) in [6.45, 7) is 1.33. The largest absolute Gasteiger partial charge is 0.462 e. The second kappa shape index (κ2) is 4.91. The maximum Gasteiger partial charge on any atom is 0.417 e. The highest BCUT2D eigenvalue weighted by molar-refractivity contribution is 6.33. The van der Waals surface area contributed by atoms with Gasteiger partial charge in [0.1, 0.15) is 5.82 Å². The third-order valence-corrected chi connectivity index (χ3v) is 2.14. The van der Waals surface area contributed by atoms with Gasteiger partial charge in [0.15, 0.2) is 0 Å². The van der Waals surface area contributed by atoms with Crippen molar-refractivity contribution in [2.45, 2.75) is 13.1 Å². The molecule has 0 aliphatic heterocycles. The van der Waals surface area contributed by atoms with E-state index >= 15 is 0 Å². The third-order valence-electron chi connectivity index (χ3n) is 1.84. The van der Waals surface area contributed by atoms with Crippen molar-refractivity contribution in [3.05, 3.63) is 34.1 Å². The molecular weight excluding hydrogens is 264 g/mol. The number of alkyl halides is 3. The van der Waals surface area contributed by atoms with Gasteiger partial charge in [0.05, 0.1) is 22.8 Å². The molecule has 1 aromatic rings. The predicted molar refractivity (Wildman–Crippen MR) is 52.4 cm³/mol. The summed E-state index contributed by atoms with van der Waals surface area (Å²) in [7, 11) is 0. The standard InChI is InChI=1S/C10H7ClF4O2/c1-2-17-9(16)8-6(10(13,14)15)3-5(12)4-7(8)11/h3-4H,2H2,1H3. The van der Waals surface area contributed by atoms with Gasteiger partial charge in [0.25, 0.3) is 0 Å². The minimum Gasteiger partial charge on any atom is -0.462 e. The first kappa shape index (κ1) is 13.8. The number of hydrogen-bond acceptors (Lipinski definition) is 2. The molecule has 1 rings (SSSR count). The van der Waals surface area contributed by atoms with Crippen molar-refractivity contribution in [1.29, 1.82) is 0 Å². The van der Waals surface area contributed by atoms with E-state index in [1.807, 2.05) is 0 Å². The summed E-state index contributed by atoms with van der Waals surface area (Å²) in [5.41, 5.74) is -2.32. The van der Waals surface area contributed by atoms with Crippen LogP contribution >= 0.6 is 11.6 Å². The van der Waals surface area contributed by atoms with Gasteiger partial charge in [-0.05, 0) is 19.1 Å². The van der Waals surface area contributed by atoms with Crippen LogP contribution in [0.4, 0.5) is 17.6 Å². The molecule has 0 heterocycles. The fraction of sp³-hybridized carbons (Fsp3) is 0.300. The third kappa shape index (κ3) is 3.09. The van der Waals surface area contributed by atoms with E-state index in [2.05, 4.69) is 4.74 Å². The smallest absolute Gasteiger partial charge is 0.417 e. The van der Waals surface area contributed by atoms with Gasteiger partial charge in [0, 0.05) is 0 Å². The first-order valence-corrected chi connectivity index (χ1v) is 4.88. The molecule has 17 heavy (non-hydrogen) atoms. The molecule has 0 amide bonds. The highest BCUT2D eigenvalue weighted by atomic mass is 35.5. The lowest BCUT2D eigenvalue weighted by molar-refractivity contribution is -0.138. The highest BCUT2D eigenvalue weighted by Gasteiger charge is 2.37. The minimum atomic E-state index is -4.88. The fourth-order valence-corrected chi connectivity index (χ4v) is 1.49. The van der Waals surface area contributed by atoms with E-state index in [0.29, 0.717) is 6.07 Å². The van der Waals surface area contributed by atoms with Gasteiger partial charge in [-0.3, -0.25) is 0 Å². The molecule has 0 saturated heterocycles. The molecule has 0 atom stereocenters. The Labute approximate surface area is 99.1 Å². The predicted octanol–water partition coefficient (Wildman–Crippen LogP) is 3.67. The van der Waals surface area contributed by atoms with E-state index in [-0.39, 0.29) is 12.7 Å². The molecular formula is C10H7ClF4O2. The van der Waals surface area contributed by atoms with E-state index in [9.17, 15) is 22.4 Å². The van der Waals surface area contributed by atoms with Gasteiger partial charge in [-0.25, -0.2) is 9.18 Å². The molecule has 0 unspecified atom stereocenters. The van der Waals surface area contributed by atoms with Crippen LogP contribution in [0.25, 0.3) is 0 Å². The van der Waals surface area contributed by atoms with Crippen LogP contribution in [0.2, 0.25) is 5.02 Å². The van der Waals surface area contributed by atoms with Gasteiger partial charge in [-0.1, -0.05) is 11.6 Å². The highest BCUT2D eigenvalue weighted by Crippen LogP contribution is 2.36. The summed E-state index contributed by atoms with van der Waals surface area (Å²) in [6.07, 6.45) is -4.88. The van der Waals surface area contributed by atoms with Crippen LogP contribution in [-0.4, -0.2) is 12.6 Å². The second-order valence-electron chi connectivity index (χ2n) is 3.03. The van der Waals surface area contributed by atoms with E-state index < -0.39 is 34.1 Å². The van der Waals surface area contributed by atoms with Crippen molar-refractivity contribution in [2.75, 3.05) is 6.61 Å². The van der Waals surface area contributed by atoms with E-state index in [1.54, 1.807) is 0 Å². The lowest BCUT2D eigenvalue weighted by atomic mass is 10.1. The molecule has 0 saturated carbocycles. The van der Waals surface area contributed by atoms with Crippen molar-refractivity contribution in [2.24, 2.45) is 0 Å². The van der Waals surface area contributed by atoms with Crippen LogP contribution in [0.5, 0.6) is 0 Å². The summed E-state index contributed by atoms with van der Waals surface area (Å²) < 4.78 is 55.0. The van der Waals surface area contributed by atoms with Crippen molar-refractivity contribution >= 4 is 17.6 Å². The summed E-state index contributed by atoms with van der Waals surface area (Å²) in [5.74, 6) is -2.40. The molecule has 0 radical (unpaired) electrons. The zero-order chi connectivity index (χ0) is 13.2. The van der Waals surface area contributed by atoms with Crippen LogP contribution in [0.3, 0.4) is 0 Å². The van der Waals surface area contributed by atoms with Gasteiger partial charge in [-0.2, -0.15) is 13.2 Å². The fourth-order valence-electron chi connectivity index (χ4n) is 1.21. The normalized spacial score (nSPS) is 11.4. The number of hydrogen-bond donors (Lipinski definition) is 0. The lowest BCUT2D eigenvalue weighted by Crippen LogP contribution is -2.16. The zero-order valence-corrected chi connectivity index (χ0v) is 9.32. The molecule has 1 aromatic carbocycles. The molecule has 94 valence electrons. The molecule has 0 spiro atoms. The number of benzene rings is 1. The zero-order valence-electron chi connectivity index (χ0n) is 8.57. The summed E-state index contributed by atoms with van der Waals surface area (Å²) >= 11 is 5.43. The van der Waals surface area contributed by atoms with Crippen LogP contribution < -0.4 is 0 Å². The SMILES string of the molecule is CCOC(=O)c1c(Cl)cc(F)cc1C(F)(F)F. The number of esters is 1. The molecule has 0 aromatic heterocycles. The van der Waals surface area contributed by atoms with Crippen molar-refractivity contribution in [1.82, 2.24) is 0 Å². The molecule has 0 aliphatic rings. The van der Waals surface area contributed by atoms with Crippen LogP contribution in [0.15, 0.2) is 12.1 Å². The van der Waals surface area contributed by atoms with Crippen LogP contribution in [0.1, 0.15) is 22.8 Å². The average Bonchev–Trinajstić information content (AvgIpc) is 2.15. The number of carbonyl (C=O) groups is 1. The Kier molecular flexibility index (Phi) is 3.98. The minimum absolute atomic E-state index is 0.107. The van der Waals surface area contributed by atoms with E-state index in [4.69, 9.17) is 11.6 Å². The van der Waals surface area contributed by atoms with Gasteiger partial charge in [-0.15, -0.1) is 0 Å². The maximum atomic E-state index is 12.9. The molecule has 0 fully saturated rings. The van der Waals surface area contributed by atoms with Crippen molar-refractivity contribution < 1.29 is 27.1 Å². The quantitative estimate of drug-likeness (QED) is 0.605.